The van der Waals surface area contributed by atoms with Crippen LogP contribution in [0.2, 0.25) is 0 Å². The zero-order valence-electron chi connectivity index (χ0n) is 11.3. The van der Waals surface area contributed by atoms with E-state index in [1.807, 2.05) is 21.0 Å². The molecule has 1 heterocycles. The minimum Gasteiger partial charge on any atom is -0.352 e. The highest BCUT2D eigenvalue weighted by atomic mass is 16.2. The van der Waals surface area contributed by atoms with Crippen LogP contribution in [-0.4, -0.2) is 52.5 Å². The highest BCUT2D eigenvalue weighted by molar-refractivity contribution is 5.75. The van der Waals surface area contributed by atoms with Crippen LogP contribution in [0.5, 0.6) is 0 Å². The zero-order valence-corrected chi connectivity index (χ0v) is 11.3. The minimum atomic E-state index is -0.0604. The third kappa shape index (κ3) is 5.24. The second kappa shape index (κ2) is 7.07. The highest BCUT2D eigenvalue weighted by Gasteiger charge is 2.09. The Kier molecular flexibility index (Phi) is 5.73. The first-order valence-electron chi connectivity index (χ1n) is 6.04. The van der Waals surface area contributed by atoms with Gasteiger partial charge in [0.2, 0.25) is 5.91 Å². The lowest BCUT2D eigenvalue weighted by Gasteiger charge is -2.16. The molecule has 0 bridgehead atoms. The number of carbonyl (C=O) groups excluding carboxylic acids is 1. The van der Waals surface area contributed by atoms with Gasteiger partial charge in [0.05, 0.1) is 11.9 Å². The maximum absolute atomic E-state index is 11.7. The Morgan fingerprint density at radius 1 is 1.61 bits per heavy atom. The van der Waals surface area contributed by atoms with Crippen molar-refractivity contribution in [2.24, 2.45) is 5.73 Å². The van der Waals surface area contributed by atoms with Crippen molar-refractivity contribution in [3.05, 3.63) is 11.9 Å². The van der Waals surface area contributed by atoms with Crippen molar-refractivity contribution in [3.63, 3.8) is 0 Å². The van der Waals surface area contributed by atoms with E-state index in [1.54, 1.807) is 6.20 Å². The van der Waals surface area contributed by atoms with Gasteiger partial charge in [0, 0.05) is 12.6 Å². The normalized spacial score (nSPS) is 12.7. The lowest BCUT2D eigenvalue weighted by atomic mass is 10.2. The Morgan fingerprint density at radius 2 is 2.33 bits per heavy atom. The summed E-state index contributed by atoms with van der Waals surface area (Å²) in [4.78, 5) is 13.8. The molecule has 1 amide bonds. The van der Waals surface area contributed by atoms with Gasteiger partial charge in [-0.2, -0.15) is 0 Å². The smallest absolute Gasteiger partial charge is 0.242 e. The Bertz CT molecular complexity index is 375. The second-order valence-electron chi connectivity index (χ2n) is 4.67. The minimum absolute atomic E-state index is 0.0604. The van der Waals surface area contributed by atoms with Gasteiger partial charge in [-0.25, -0.2) is 4.68 Å². The fourth-order valence-corrected chi connectivity index (χ4v) is 1.50. The van der Waals surface area contributed by atoms with E-state index < -0.39 is 0 Å². The Labute approximate surface area is 107 Å². The number of nitrogens with one attached hydrogen (secondary N) is 1. The molecular formula is C11H22N6O. The van der Waals surface area contributed by atoms with Crippen molar-refractivity contribution >= 4 is 5.91 Å². The van der Waals surface area contributed by atoms with Crippen molar-refractivity contribution in [2.75, 3.05) is 20.6 Å². The summed E-state index contributed by atoms with van der Waals surface area (Å²) in [5.41, 5.74) is 6.11. The molecule has 0 aliphatic heterocycles. The summed E-state index contributed by atoms with van der Waals surface area (Å²) >= 11 is 0. The van der Waals surface area contributed by atoms with E-state index in [1.165, 1.54) is 4.68 Å². The van der Waals surface area contributed by atoms with E-state index in [2.05, 4.69) is 20.5 Å². The monoisotopic (exact) mass is 254 g/mol. The second-order valence-corrected chi connectivity index (χ2v) is 4.67. The molecule has 1 unspecified atom stereocenters. The average Bonchev–Trinajstić information content (AvgIpc) is 2.73. The molecule has 0 saturated carbocycles. The van der Waals surface area contributed by atoms with Crippen LogP contribution in [0.25, 0.3) is 0 Å². The number of aromatic nitrogens is 3. The number of carbonyl (C=O) groups is 1. The largest absolute Gasteiger partial charge is 0.352 e. The first kappa shape index (κ1) is 14.6. The summed E-state index contributed by atoms with van der Waals surface area (Å²) in [5.74, 6) is -0.0604. The molecule has 0 aliphatic rings. The fourth-order valence-electron chi connectivity index (χ4n) is 1.50. The highest BCUT2D eigenvalue weighted by Crippen LogP contribution is 1.94. The predicted molar refractivity (Wildman–Crippen MR) is 68.7 cm³/mol. The Hall–Kier alpha value is -1.47. The average molecular weight is 254 g/mol. The van der Waals surface area contributed by atoms with E-state index in [-0.39, 0.29) is 18.5 Å². The molecule has 0 radical (unpaired) electrons. The van der Waals surface area contributed by atoms with Gasteiger partial charge in [-0.1, -0.05) is 5.21 Å². The molecule has 0 saturated heterocycles. The van der Waals surface area contributed by atoms with Crippen LogP contribution in [0, 0.1) is 0 Å². The number of hydrogen-bond donors (Lipinski definition) is 2. The van der Waals surface area contributed by atoms with E-state index in [9.17, 15) is 4.79 Å². The fraction of sp³-hybridized carbons (Fsp3) is 0.727. The lowest BCUT2D eigenvalue weighted by molar-refractivity contribution is -0.122. The molecule has 18 heavy (non-hydrogen) atoms. The Morgan fingerprint density at radius 3 is 2.89 bits per heavy atom. The van der Waals surface area contributed by atoms with Gasteiger partial charge >= 0.3 is 0 Å². The van der Waals surface area contributed by atoms with Gasteiger partial charge in [0.25, 0.3) is 0 Å². The van der Waals surface area contributed by atoms with E-state index in [4.69, 9.17) is 5.73 Å². The molecule has 1 aromatic rings. The summed E-state index contributed by atoms with van der Waals surface area (Å²) in [7, 11) is 4.02. The van der Waals surface area contributed by atoms with Crippen molar-refractivity contribution in [1.82, 2.24) is 25.2 Å². The zero-order chi connectivity index (χ0) is 13.5. The molecule has 1 aromatic heterocycles. The summed E-state index contributed by atoms with van der Waals surface area (Å²) in [6.07, 6.45) is 2.61. The number of nitrogens with zero attached hydrogens (tertiary/aromatic N) is 4. The Balaban J connectivity index is 2.32. The van der Waals surface area contributed by atoms with Gasteiger partial charge in [0.15, 0.2) is 0 Å². The summed E-state index contributed by atoms with van der Waals surface area (Å²) in [6.45, 7) is 3.45. The SMILES string of the molecule is CC(CCN(C)C)NC(=O)Cn1cc(CN)nn1. The predicted octanol–water partition coefficient (Wildman–Crippen LogP) is -0.807. The van der Waals surface area contributed by atoms with Gasteiger partial charge in [0.1, 0.15) is 6.54 Å². The summed E-state index contributed by atoms with van der Waals surface area (Å²) in [6, 6.07) is 0.150. The van der Waals surface area contributed by atoms with Gasteiger partial charge in [-0.05, 0) is 34.0 Å². The molecular weight excluding hydrogens is 232 g/mol. The van der Waals surface area contributed by atoms with Crippen LogP contribution in [0.15, 0.2) is 6.20 Å². The standard InChI is InChI=1S/C11H22N6O/c1-9(4-5-16(2)3)13-11(18)8-17-7-10(6-12)14-15-17/h7,9H,4-6,8,12H2,1-3H3,(H,13,18). The van der Waals surface area contributed by atoms with Crippen LogP contribution < -0.4 is 11.1 Å². The molecule has 102 valence electrons. The molecule has 7 heteroatoms. The third-order valence-electron chi connectivity index (χ3n) is 2.52. The van der Waals surface area contributed by atoms with Gasteiger partial charge in [-0.3, -0.25) is 4.79 Å². The molecule has 7 nitrogen and oxygen atoms in total. The number of rotatable bonds is 7. The molecule has 3 N–H and O–H groups in total. The van der Waals surface area contributed by atoms with Crippen LogP contribution >= 0.6 is 0 Å². The summed E-state index contributed by atoms with van der Waals surface area (Å²) < 4.78 is 1.50. The molecule has 1 atom stereocenters. The molecule has 0 aromatic carbocycles. The number of amides is 1. The van der Waals surface area contributed by atoms with Crippen molar-refractivity contribution in [1.29, 1.82) is 0 Å². The summed E-state index contributed by atoms with van der Waals surface area (Å²) in [5, 5.41) is 10.6. The van der Waals surface area contributed by atoms with Crippen LogP contribution in [0.1, 0.15) is 19.0 Å². The topological polar surface area (TPSA) is 89.1 Å². The number of hydrogen-bond acceptors (Lipinski definition) is 5. The number of nitrogens with two attached hydrogens (primary N) is 1. The van der Waals surface area contributed by atoms with Gasteiger partial charge in [-0.15, -0.1) is 5.10 Å². The van der Waals surface area contributed by atoms with Crippen LogP contribution in [-0.2, 0) is 17.9 Å². The first-order valence-corrected chi connectivity index (χ1v) is 6.04. The maximum atomic E-state index is 11.7. The van der Waals surface area contributed by atoms with Crippen molar-refractivity contribution in [2.45, 2.75) is 32.5 Å². The lowest BCUT2D eigenvalue weighted by Crippen LogP contribution is -2.37. The maximum Gasteiger partial charge on any atom is 0.242 e. The first-order chi connectivity index (χ1) is 8.51. The van der Waals surface area contributed by atoms with Crippen molar-refractivity contribution in [3.8, 4) is 0 Å². The van der Waals surface area contributed by atoms with Gasteiger partial charge < -0.3 is 16.0 Å². The van der Waals surface area contributed by atoms with E-state index in [0.717, 1.165) is 13.0 Å². The molecule has 0 spiro atoms. The van der Waals surface area contributed by atoms with Crippen LogP contribution in [0.3, 0.4) is 0 Å². The van der Waals surface area contributed by atoms with E-state index in [0.29, 0.717) is 12.2 Å². The quantitative estimate of drug-likeness (QED) is 0.664. The molecule has 0 fully saturated rings. The molecule has 0 aliphatic carbocycles. The van der Waals surface area contributed by atoms with E-state index >= 15 is 0 Å². The molecule has 1 rings (SSSR count). The third-order valence-corrected chi connectivity index (χ3v) is 2.52. The van der Waals surface area contributed by atoms with Crippen LogP contribution in [0.4, 0.5) is 0 Å². The van der Waals surface area contributed by atoms with Crippen molar-refractivity contribution < 1.29 is 4.79 Å².